The highest BCUT2D eigenvalue weighted by atomic mass is 14.7. The van der Waals surface area contributed by atoms with Gasteiger partial charge in [0, 0.05) is 18.3 Å². The summed E-state index contributed by atoms with van der Waals surface area (Å²) in [5.74, 6) is 0. The van der Waals surface area contributed by atoms with E-state index in [2.05, 4.69) is 35.3 Å². The Hall–Kier alpha value is -1.63. The Labute approximate surface area is 96.2 Å². The minimum atomic E-state index is 1.06. The van der Waals surface area contributed by atoms with Gasteiger partial charge in [-0.15, -0.1) is 0 Å². The summed E-state index contributed by atoms with van der Waals surface area (Å²) in [5.41, 5.74) is 7.04. The average molecular weight is 209 g/mol. The van der Waals surface area contributed by atoms with Crippen LogP contribution in [0.5, 0.6) is 0 Å². The Morgan fingerprint density at radius 3 is 3.00 bits per heavy atom. The third-order valence-electron chi connectivity index (χ3n) is 3.36. The molecule has 0 bridgehead atoms. The Kier molecular flexibility index (Phi) is 2.24. The monoisotopic (exact) mass is 209 g/mol. The molecule has 0 atom stereocenters. The van der Waals surface area contributed by atoms with E-state index in [0.29, 0.717) is 0 Å². The predicted octanol–water partition coefficient (Wildman–Crippen LogP) is 3.76. The van der Waals surface area contributed by atoms with Gasteiger partial charge in [0.1, 0.15) is 0 Å². The zero-order valence-electron chi connectivity index (χ0n) is 9.53. The van der Waals surface area contributed by atoms with Crippen LogP contribution in [0.15, 0.2) is 46.6 Å². The maximum absolute atomic E-state index is 4.52. The standard InChI is InChI=1S/C15H15N/c1-2-16-15-9-5-8-13-12-7-4-3-6-11(12)10-14(13)15/h2-4,6-8H,5,9-10H2,1H3. The molecule has 3 rings (SSSR count). The zero-order chi connectivity index (χ0) is 11.0. The van der Waals surface area contributed by atoms with Crippen LogP contribution in [-0.2, 0) is 6.42 Å². The number of rotatable bonds is 1. The topological polar surface area (TPSA) is 12.4 Å². The fourth-order valence-electron chi connectivity index (χ4n) is 2.68. The number of hydrogen-bond donors (Lipinski definition) is 0. The van der Waals surface area contributed by atoms with E-state index in [9.17, 15) is 0 Å². The molecule has 1 heteroatoms. The van der Waals surface area contributed by atoms with Gasteiger partial charge in [0.25, 0.3) is 0 Å². The van der Waals surface area contributed by atoms with E-state index in [-0.39, 0.29) is 0 Å². The molecular formula is C15H15N. The quantitative estimate of drug-likeness (QED) is 0.624. The number of aliphatic imine (C=N–C) groups is 1. The molecule has 2 aliphatic rings. The normalized spacial score (nSPS) is 18.7. The SMILES string of the molecule is CC=NC1=C2Cc3ccccc3C2=CCC1. The lowest BCUT2D eigenvalue weighted by Gasteiger charge is -2.13. The van der Waals surface area contributed by atoms with Gasteiger partial charge in [-0.25, -0.2) is 0 Å². The van der Waals surface area contributed by atoms with Crippen LogP contribution in [0.4, 0.5) is 0 Å². The number of allylic oxidation sites excluding steroid dienone is 4. The molecule has 1 aromatic carbocycles. The van der Waals surface area contributed by atoms with Crippen LogP contribution in [0.2, 0.25) is 0 Å². The van der Waals surface area contributed by atoms with Crippen molar-refractivity contribution >= 4 is 11.8 Å². The average Bonchev–Trinajstić information content (AvgIpc) is 2.69. The second kappa shape index (κ2) is 3.75. The van der Waals surface area contributed by atoms with Crippen molar-refractivity contribution in [3.8, 4) is 0 Å². The van der Waals surface area contributed by atoms with Crippen LogP contribution >= 0.6 is 0 Å². The smallest absolute Gasteiger partial charge is 0.0444 e. The molecule has 1 nitrogen and oxygen atoms in total. The van der Waals surface area contributed by atoms with Crippen molar-refractivity contribution in [2.24, 2.45) is 4.99 Å². The molecular weight excluding hydrogens is 194 g/mol. The van der Waals surface area contributed by atoms with Crippen molar-refractivity contribution < 1.29 is 0 Å². The third kappa shape index (κ3) is 1.35. The molecule has 0 aromatic heterocycles. The molecule has 0 radical (unpaired) electrons. The van der Waals surface area contributed by atoms with Gasteiger partial charge in [0.15, 0.2) is 0 Å². The summed E-state index contributed by atoms with van der Waals surface area (Å²) in [6, 6.07) is 8.71. The second-order valence-corrected chi connectivity index (χ2v) is 4.30. The number of fused-ring (bicyclic) bond motifs is 3. The molecule has 0 unspecified atom stereocenters. The fourth-order valence-corrected chi connectivity index (χ4v) is 2.68. The molecule has 16 heavy (non-hydrogen) atoms. The van der Waals surface area contributed by atoms with E-state index < -0.39 is 0 Å². The largest absolute Gasteiger partial charge is 0.266 e. The van der Waals surface area contributed by atoms with Gasteiger partial charge in [-0.05, 0) is 42.0 Å². The van der Waals surface area contributed by atoms with Crippen molar-refractivity contribution in [1.82, 2.24) is 0 Å². The molecule has 0 spiro atoms. The highest BCUT2D eigenvalue weighted by molar-refractivity contribution is 5.87. The number of hydrogen-bond acceptors (Lipinski definition) is 1. The van der Waals surface area contributed by atoms with Crippen LogP contribution < -0.4 is 0 Å². The van der Waals surface area contributed by atoms with E-state index in [4.69, 9.17) is 0 Å². The van der Waals surface area contributed by atoms with Gasteiger partial charge in [-0.1, -0.05) is 30.3 Å². The first-order chi connectivity index (χ1) is 7.90. The van der Waals surface area contributed by atoms with Crippen LogP contribution in [-0.4, -0.2) is 6.21 Å². The third-order valence-corrected chi connectivity index (χ3v) is 3.36. The molecule has 80 valence electrons. The Morgan fingerprint density at radius 2 is 2.12 bits per heavy atom. The van der Waals surface area contributed by atoms with Gasteiger partial charge >= 0.3 is 0 Å². The summed E-state index contributed by atoms with van der Waals surface area (Å²) in [7, 11) is 0. The summed E-state index contributed by atoms with van der Waals surface area (Å²) in [4.78, 5) is 4.52. The van der Waals surface area contributed by atoms with Crippen LogP contribution in [0.1, 0.15) is 30.9 Å². The van der Waals surface area contributed by atoms with Crippen molar-refractivity contribution in [3.05, 3.63) is 52.7 Å². The minimum absolute atomic E-state index is 1.06. The molecule has 1 aromatic rings. The van der Waals surface area contributed by atoms with Crippen LogP contribution in [0, 0.1) is 0 Å². The molecule has 0 heterocycles. The Morgan fingerprint density at radius 1 is 1.25 bits per heavy atom. The number of nitrogens with zero attached hydrogens (tertiary/aromatic N) is 1. The van der Waals surface area contributed by atoms with Gasteiger partial charge < -0.3 is 0 Å². The van der Waals surface area contributed by atoms with Crippen molar-refractivity contribution in [3.63, 3.8) is 0 Å². The van der Waals surface area contributed by atoms with Gasteiger partial charge in [0.2, 0.25) is 0 Å². The van der Waals surface area contributed by atoms with Gasteiger partial charge in [0.05, 0.1) is 0 Å². The van der Waals surface area contributed by atoms with Crippen LogP contribution in [0.3, 0.4) is 0 Å². The molecule has 0 N–H and O–H groups in total. The summed E-state index contributed by atoms with van der Waals surface area (Å²) in [6.07, 6.45) is 7.57. The second-order valence-electron chi connectivity index (χ2n) is 4.30. The number of benzene rings is 1. The maximum Gasteiger partial charge on any atom is 0.0444 e. The molecule has 0 aliphatic heterocycles. The summed E-state index contributed by atoms with van der Waals surface area (Å²) < 4.78 is 0. The lowest BCUT2D eigenvalue weighted by atomic mass is 9.95. The van der Waals surface area contributed by atoms with E-state index >= 15 is 0 Å². The zero-order valence-corrected chi connectivity index (χ0v) is 9.53. The van der Waals surface area contributed by atoms with Gasteiger partial charge in [-0.2, -0.15) is 0 Å². The van der Waals surface area contributed by atoms with Crippen LogP contribution in [0.25, 0.3) is 5.57 Å². The predicted molar refractivity (Wildman–Crippen MR) is 68.5 cm³/mol. The first-order valence-corrected chi connectivity index (χ1v) is 5.89. The minimum Gasteiger partial charge on any atom is -0.266 e. The Bertz CT molecular complexity index is 518. The summed E-state index contributed by atoms with van der Waals surface area (Å²) >= 11 is 0. The van der Waals surface area contributed by atoms with E-state index in [0.717, 1.165) is 19.3 Å². The van der Waals surface area contributed by atoms with Crippen molar-refractivity contribution in [2.45, 2.75) is 26.2 Å². The molecule has 0 saturated heterocycles. The van der Waals surface area contributed by atoms with E-state index in [1.807, 2.05) is 13.1 Å². The molecule has 0 fully saturated rings. The van der Waals surface area contributed by atoms with E-state index in [1.165, 1.54) is 28.0 Å². The first-order valence-electron chi connectivity index (χ1n) is 5.89. The highest BCUT2D eigenvalue weighted by Crippen LogP contribution is 2.42. The molecule has 0 amide bonds. The fraction of sp³-hybridized carbons (Fsp3) is 0.267. The summed E-state index contributed by atoms with van der Waals surface area (Å²) in [6.45, 7) is 1.99. The lowest BCUT2D eigenvalue weighted by molar-refractivity contribution is 0.923. The van der Waals surface area contributed by atoms with Gasteiger partial charge in [-0.3, -0.25) is 4.99 Å². The van der Waals surface area contributed by atoms with Crippen molar-refractivity contribution in [2.75, 3.05) is 0 Å². The molecule has 0 saturated carbocycles. The highest BCUT2D eigenvalue weighted by Gasteiger charge is 2.25. The lowest BCUT2D eigenvalue weighted by Crippen LogP contribution is -1.95. The van der Waals surface area contributed by atoms with Crippen molar-refractivity contribution in [1.29, 1.82) is 0 Å². The Balaban J connectivity index is 2.16. The first kappa shape index (κ1) is 9.59. The molecule has 2 aliphatic carbocycles. The maximum atomic E-state index is 4.52. The summed E-state index contributed by atoms with van der Waals surface area (Å²) in [5, 5.41) is 0. The van der Waals surface area contributed by atoms with E-state index in [1.54, 1.807) is 0 Å².